The first-order valence-corrected chi connectivity index (χ1v) is 8.67. The molecule has 2 rings (SSSR count). The van der Waals surface area contributed by atoms with Crippen LogP contribution in [0.15, 0.2) is 24.3 Å². The van der Waals surface area contributed by atoms with Crippen molar-refractivity contribution in [2.45, 2.75) is 44.1 Å². The van der Waals surface area contributed by atoms with Gasteiger partial charge in [-0.05, 0) is 67.9 Å². The molecular weight excluding hydrogens is 257 g/mol. The molecule has 0 amide bonds. The number of hydrogen-bond donors (Lipinski definition) is 1. The van der Waals surface area contributed by atoms with E-state index in [4.69, 9.17) is 0 Å². The topological polar surface area (TPSA) is 12.0 Å². The Labute approximate surface area is 120 Å². The third kappa shape index (κ3) is 4.81. The molecular formula is C16H24FNS. The van der Waals surface area contributed by atoms with E-state index in [0.717, 1.165) is 24.9 Å². The minimum Gasteiger partial charge on any atom is -0.314 e. The molecule has 1 nitrogen and oxygen atoms in total. The molecule has 106 valence electrons. The minimum atomic E-state index is -0.109. The van der Waals surface area contributed by atoms with E-state index in [-0.39, 0.29) is 5.82 Å². The molecule has 1 fully saturated rings. The maximum atomic E-state index is 13.1. The molecule has 3 heteroatoms. The van der Waals surface area contributed by atoms with Crippen LogP contribution in [0.5, 0.6) is 0 Å². The van der Waals surface area contributed by atoms with Crippen molar-refractivity contribution in [3.05, 3.63) is 35.6 Å². The molecule has 0 aliphatic heterocycles. The van der Waals surface area contributed by atoms with E-state index >= 15 is 0 Å². The quantitative estimate of drug-likeness (QED) is 0.717. The highest BCUT2D eigenvalue weighted by molar-refractivity contribution is 7.98. The minimum absolute atomic E-state index is 0.109. The molecule has 0 spiro atoms. The third-order valence-corrected chi connectivity index (χ3v) is 4.61. The van der Waals surface area contributed by atoms with Gasteiger partial charge < -0.3 is 5.32 Å². The van der Waals surface area contributed by atoms with Crippen LogP contribution in [-0.4, -0.2) is 24.6 Å². The van der Waals surface area contributed by atoms with Crippen molar-refractivity contribution in [2.24, 2.45) is 0 Å². The van der Waals surface area contributed by atoms with Crippen LogP contribution in [0, 0.1) is 5.82 Å². The monoisotopic (exact) mass is 281 g/mol. The number of rotatable bonds is 8. The van der Waals surface area contributed by atoms with Crippen LogP contribution in [0.3, 0.4) is 0 Å². The van der Waals surface area contributed by atoms with Gasteiger partial charge in [-0.2, -0.15) is 11.8 Å². The van der Waals surface area contributed by atoms with Crippen LogP contribution in [-0.2, 0) is 0 Å². The predicted octanol–water partition coefficient (Wildman–Crippen LogP) is 4.19. The summed E-state index contributed by atoms with van der Waals surface area (Å²) in [6.07, 6.45) is 8.43. The van der Waals surface area contributed by atoms with Crippen molar-refractivity contribution in [3.63, 3.8) is 0 Å². The first-order chi connectivity index (χ1) is 9.29. The molecule has 1 aliphatic rings. The summed E-state index contributed by atoms with van der Waals surface area (Å²) in [6.45, 7) is 1.13. The van der Waals surface area contributed by atoms with E-state index in [9.17, 15) is 4.39 Å². The Morgan fingerprint density at radius 1 is 1.26 bits per heavy atom. The second-order valence-electron chi connectivity index (χ2n) is 5.43. The summed E-state index contributed by atoms with van der Waals surface area (Å²) in [7, 11) is 0. The first kappa shape index (κ1) is 14.9. The second-order valence-corrected chi connectivity index (χ2v) is 6.41. The van der Waals surface area contributed by atoms with Crippen LogP contribution in [0.1, 0.15) is 43.6 Å². The van der Waals surface area contributed by atoms with Crippen LogP contribution < -0.4 is 5.32 Å². The Bertz CT molecular complexity index is 377. The van der Waals surface area contributed by atoms with E-state index < -0.39 is 0 Å². The number of hydrogen-bond acceptors (Lipinski definition) is 2. The maximum absolute atomic E-state index is 13.1. The van der Waals surface area contributed by atoms with Gasteiger partial charge in [0.1, 0.15) is 5.82 Å². The fourth-order valence-electron chi connectivity index (χ4n) is 2.67. The molecule has 1 saturated carbocycles. The highest BCUT2D eigenvalue weighted by atomic mass is 32.2. The van der Waals surface area contributed by atoms with E-state index in [1.165, 1.54) is 31.1 Å². The van der Waals surface area contributed by atoms with Crippen LogP contribution >= 0.6 is 11.8 Å². The van der Waals surface area contributed by atoms with Crippen molar-refractivity contribution >= 4 is 11.8 Å². The Balaban J connectivity index is 1.56. The first-order valence-electron chi connectivity index (χ1n) is 7.27. The summed E-state index contributed by atoms with van der Waals surface area (Å²) in [6, 6.07) is 7.72. The summed E-state index contributed by atoms with van der Waals surface area (Å²) < 4.78 is 13.1. The van der Waals surface area contributed by atoms with Crippen molar-refractivity contribution in [1.82, 2.24) is 5.32 Å². The van der Waals surface area contributed by atoms with E-state index in [1.54, 1.807) is 6.07 Å². The zero-order valence-corrected chi connectivity index (χ0v) is 12.5. The predicted molar refractivity (Wildman–Crippen MR) is 82.4 cm³/mol. The number of benzene rings is 1. The standard InChI is InChI=1S/C16H24FNS/c1-19-9-4-2-3-8-18-16-11-14(12-16)13-6-5-7-15(17)10-13/h5-7,10,14,16,18H,2-4,8-9,11-12H2,1H3. The Hall–Kier alpha value is -0.540. The van der Waals surface area contributed by atoms with E-state index in [2.05, 4.69) is 11.6 Å². The molecule has 1 aromatic carbocycles. The lowest BCUT2D eigenvalue weighted by atomic mass is 9.76. The second kappa shape index (κ2) is 7.91. The molecule has 0 saturated heterocycles. The summed E-state index contributed by atoms with van der Waals surface area (Å²) in [5, 5.41) is 3.61. The molecule has 0 radical (unpaired) electrons. The fourth-order valence-corrected chi connectivity index (χ4v) is 3.16. The average molecular weight is 281 g/mol. The summed E-state index contributed by atoms with van der Waals surface area (Å²) in [4.78, 5) is 0. The molecule has 19 heavy (non-hydrogen) atoms. The summed E-state index contributed by atoms with van der Waals surface area (Å²) in [5.41, 5.74) is 1.16. The van der Waals surface area contributed by atoms with Gasteiger partial charge in [-0.3, -0.25) is 0 Å². The van der Waals surface area contributed by atoms with Crippen LogP contribution in [0.4, 0.5) is 4.39 Å². The maximum Gasteiger partial charge on any atom is 0.123 e. The lowest BCUT2D eigenvalue weighted by Gasteiger charge is -2.36. The van der Waals surface area contributed by atoms with Crippen molar-refractivity contribution in [1.29, 1.82) is 0 Å². The Morgan fingerprint density at radius 2 is 2.11 bits per heavy atom. The van der Waals surface area contributed by atoms with Gasteiger partial charge in [0.2, 0.25) is 0 Å². The van der Waals surface area contributed by atoms with Gasteiger partial charge in [0, 0.05) is 6.04 Å². The lowest BCUT2D eigenvalue weighted by Crippen LogP contribution is -2.40. The van der Waals surface area contributed by atoms with E-state index in [0.29, 0.717) is 12.0 Å². The Morgan fingerprint density at radius 3 is 2.84 bits per heavy atom. The fraction of sp³-hybridized carbons (Fsp3) is 0.625. The molecule has 0 unspecified atom stereocenters. The van der Waals surface area contributed by atoms with Gasteiger partial charge in [-0.1, -0.05) is 18.6 Å². The SMILES string of the molecule is CSCCCCCNC1CC(c2cccc(F)c2)C1. The molecule has 0 atom stereocenters. The molecule has 1 N–H and O–H groups in total. The van der Waals surface area contributed by atoms with Gasteiger partial charge >= 0.3 is 0 Å². The van der Waals surface area contributed by atoms with Crippen LogP contribution in [0.2, 0.25) is 0 Å². The van der Waals surface area contributed by atoms with Crippen molar-refractivity contribution in [3.8, 4) is 0 Å². The number of halogens is 1. The summed E-state index contributed by atoms with van der Waals surface area (Å²) in [5.74, 6) is 1.73. The highest BCUT2D eigenvalue weighted by Crippen LogP contribution is 2.36. The average Bonchev–Trinajstić information content (AvgIpc) is 2.35. The summed E-state index contributed by atoms with van der Waals surface area (Å²) >= 11 is 1.93. The van der Waals surface area contributed by atoms with Crippen molar-refractivity contribution < 1.29 is 4.39 Å². The van der Waals surface area contributed by atoms with Gasteiger partial charge in [-0.25, -0.2) is 4.39 Å². The lowest BCUT2D eigenvalue weighted by molar-refractivity contribution is 0.289. The highest BCUT2D eigenvalue weighted by Gasteiger charge is 2.29. The number of unbranched alkanes of at least 4 members (excludes halogenated alkanes) is 2. The Kier molecular flexibility index (Phi) is 6.18. The van der Waals surface area contributed by atoms with Gasteiger partial charge in [0.25, 0.3) is 0 Å². The molecule has 0 heterocycles. The normalized spacial score (nSPS) is 22.2. The van der Waals surface area contributed by atoms with Crippen LogP contribution in [0.25, 0.3) is 0 Å². The largest absolute Gasteiger partial charge is 0.314 e. The molecule has 0 bridgehead atoms. The molecule has 1 aliphatic carbocycles. The van der Waals surface area contributed by atoms with E-state index in [1.807, 2.05) is 23.9 Å². The molecule has 1 aromatic rings. The van der Waals surface area contributed by atoms with Gasteiger partial charge in [-0.15, -0.1) is 0 Å². The smallest absolute Gasteiger partial charge is 0.123 e. The number of nitrogens with one attached hydrogen (secondary N) is 1. The molecule has 0 aromatic heterocycles. The van der Waals surface area contributed by atoms with Gasteiger partial charge in [0.15, 0.2) is 0 Å². The zero-order chi connectivity index (χ0) is 13.5. The van der Waals surface area contributed by atoms with Gasteiger partial charge in [0.05, 0.1) is 0 Å². The third-order valence-electron chi connectivity index (χ3n) is 3.92. The number of thioether (sulfide) groups is 1. The van der Waals surface area contributed by atoms with Crippen molar-refractivity contribution in [2.75, 3.05) is 18.6 Å². The zero-order valence-electron chi connectivity index (χ0n) is 11.7.